The van der Waals surface area contributed by atoms with E-state index in [1.165, 1.54) is 0 Å². The molecule has 1 aromatic rings. The first kappa shape index (κ1) is 13.0. The fraction of sp³-hybridized carbons (Fsp3) is 0.647. The maximum Gasteiger partial charge on any atom is 0.133 e. The van der Waals surface area contributed by atoms with Gasteiger partial charge in [0, 0.05) is 5.92 Å². The van der Waals surface area contributed by atoms with Crippen LogP contribution in [0.1, 0.15) is 40.5 Å². The minimum atomic E-state index is -0.125. The van der Waals surface area contributed by atoms with E-state index in [2.05, 4.69) is 27.7 Å². The Labute approximate surface area is 116 Å². The van der Waals surface area contributed by atoms with Gasteiger partial charge in [-0.1, -0.05) is 39.0 Å². The second kappa shape index (κ2) is 4.24. The Balaban J connectivity index is 1.87. The molecule has 0 aromatic heterocycles. The number of para-hydroxylation sites is 1. The monoisotopic (exact) mass is 260 g/mol. The summed E-state index contributed by atoms with van der Waals surface area (Å²) in [5, 5.41) is 0. The lowest BCUT2D eigenvalue weighted by Gasteiger charge is -2.38. The lowest BCUT2D eigenvalue weighted by Crippen LogP contribution is -2.47. The fourth-order valence-corrected chi connectivity index (χ4v) is 4.09. The number of fused-ring (bicyclic) bond motifs is 2. The van der Waals surface area contributed by atoms with Crippen molar-refractivity contribution >= 4 is 0 Å². The predicted molar refractivity (Wildman–Crippen MR) is 76.3 cm³/mol. The summed E-state index contributed by atoms with van der Waals surface area (Å²) in [6, 6.07) is 10.1. The van der Waals surface area contributed by atoms with E-state index in [1.54, 1.807) is 0 Å². The van der Waals surface area contributed by atoms with Crippen LogP contribution >= 0.6 is 0 Å². The molecular formula is C17H24O2. The SMILES string of the molecule is CC(C)[C@]12CC[C@](C)(O1)[C@H](Oc1ccccc1)C2C. The summed E-state index contributed by atoms with van der Waals surface area (Å²) in [6.45, 7) is 9.05. The van der Waals surface area contributed by atoms with E-state index < -0.39 is 0 Å². The van der Waals surface area contributed by atoms with Crippen molar-refractivity contribution in [2.45, 2.75) is 57.8 Å². The summed E-state index contributed by atoms with van der Waals surface area (Å²) in [5.74, 6) is 1.93. The van der Waals surface area contributed by atoms with Crippen LogP contribution < -0.4 is 4.74 Å². The molecule has 2 bridgehead atoms. The average molecular weight is 260 g/mol. The van der Waals surface area contributed by atoms with Crippen molar-refractivity contribution in [2.24, 2.45) is 11.8 Å². The van der Waals surface area contributed by atoms with E-state index in [0.29, 0.717) is 11.8 Å². The van der Waals surface area contributed by atoms with Gasteiger partial charge in [-0.3, -0.25) is 0 Å². The van der Waals surface area contributed by atoms with Gasteiger partial charge in [-0.05, 0) is 37.8 Å². The molecule has 0 saturated carbocycles. The Morgan fingerprint density at radius 3 is 2.47 bits per heavy atom. The lowest BCUT2D eigenvalue weighted by atomic mass is 9.69. The van der Waals surface area contributed by atoms with E-state index in [-0.39, 0.29) is 17.3 Å². The topological polar surface area (TPSA) is 18.5 Å². The van der Waals surface area contributed by atoms with Gasteiger partial charge in [0.25, 0.3) is 0 Å². The molecule has 2 fully saturated rings. The molecule has 0 amide bonds. The summed E-state index contributed by atoms with van der Waals surface area (Å²) < 4.78 is 12.8. The van der Waals surface area contributed by atoms with Gasteiger partial charge in [0.05, 0.1) is 5.60 Å². The summed E-state index contributed by atoms with van der Waals surface area (Å²) in [6.07, 6.45) is 2.43. The first-order chi connectivity index (χ1) is 8.98. The van der Waals surface area contributed by atoms with Crippen LogP contribution in [0.2, 0.25) is 0 Å². The van der Waals surface area contributed by atoms with Crippen molar-refractivity contribution in [3.05, 3.63) is 30.3 Å². The number of hydrogen-bond donors (Lipinski definition) is 0. The highest BCUT2D eigenvalue weighted by Gasteiger charge is 2.65. The number of rotatable bonds is 3. The smallest absolute Gasteiger partial charge is 0.133 e. The van der Waals surface area contributed by atoms with Crippen LogP contribution in [-0.2, 0) is 4.74 Å². The third-order valence-corrected chi connectivity index (χ3v) is 5.25. The van der Waals surface area contributed by atoms with Gasteiger partial charge in [-0.2, -0.15) is 0 Å². The van der Waals surface area contributed by atoms with Gasteiger partial charge in [0.15, 0.2) is 0 Å². The maximum atomic E-state index is 6.48. The van der Waals surface area contributed by atoms with Gasteiger partial charge in [-0.25, -0.2) is 0 Å². The molecule has 0 spiro atoms. The first-order valence-electron chi connectivity index (χ1n) is 7.40. The molecule has 2 heteroatoms. The minimum absolute atomic E-state index is 0.00813. The third kappa shape index (κ3) is 1.80. The van der Waals surface area contributed by atoms with Crippen molar-refractivity contribution in [2.75, 3.05) is 0 Å². The first-order valence-corrected chi connectivity index (χ1v) is 7.40. The van der Waals surface area contributed by atoms with Crippen LogP contribution in [0, 0.1) is 11.8 Å². The Hall–Kier alpha value is -1.02. The van der Waals surface area contributed by atoms with Crippen LogP contribution in [0.5, 0.6) is 5.75 Å². The largest absolute Gasteiger partial charge is 0.487 e. The molecule has 2 heterocycles. The molecule has 0 aliphatic carbocycles. The quantitative estimate of drug-likeness (QED) is 0.816. The Morgan fingerprint density at radius 2 is 1.89 bits per heavy atom. The number of benzene rings is 1. The summed E-state index contributed by atoms with van der Waals surface area (Å²) in [7, 11) is 0. The van der Waals surface area contributed by atoms with E-state index >= 15 is 0 Å². The zero-order valence-electron chi connectivity index (χ0n) is 12.3. The minimum Gasteiger partial charge on any atom is -0.487 e. The van der Waals surface area contributed by atoms with Crippen molar-refractivity contribution < 1.29 is 9.47 Å². The van der Waals surface area contributed by atoms with Crippen molar-refractivity contribution in [3.8, 4) is 5.75 Å². The summed E-state index contributed by atoms with van der Waals surface area (Å²) in [5.41, 5.74) is -0.117. The zero-order chi connectivity index (χ0) is 13.7. The number of ether oxygens (including phenoxy) is 2. The molecule has 2 nitrogen and oxygen atoms in total. The van der Waals surface area contributed by atoms with Gasteiger partial charge in [0.2, 0.25) is 0 Å². The van der Waals surface area contributed by atoms with Crippen LogP contribution in [0.4, 0.5) is 0 Å². The van der Waals surface area contributed by atoms with Crippen LogP contribution in [0.3, 0.4) is 0 Å². The predicted octanol–water partition coefficient (Wildman–Crippen LogP) is 4.05. The number of hydrogen-bond acceptors (Lipinski definition) is 2. The molecule has 0 radical (unpaired) electrons. The van der Waals surface area contributed by atoms with Crippen molar-refractivity contribution in [1.29, 1.82) is 0 Å². The molecule has 0 N–H and O–H groups in total. The molecule has 2 aliphatic heterocycles. The van der Waals surface area contributed by atoms with E-state index in [0.717, 1.165) is 18.6 Å². The van der Waals surface area contributed by atoms with Gasteiger partial charge in [-0.15, -0.1) is 0 Å². The summed E-state index contributed by atoms with van der Waals surface area (Å²) >= 11 is 0. The molecule has 4 atom stereocenters. The molecule has 1 aromatic carbocycles. The van der Waals surface area contributed by atoms with Gasteiger partial charge in [0.1, 0.15) is 17.5 Å². The Bertz CT molecular complexity index is 456. The molecular weight excluding hydrogens is 236 g/mol. The molecule has 19 heavy (non-hydrogen) atoms. The van der Waals surface area contributed by atoms with Gasteiger partial charge >= 0.3 is 0 Å². The van der Waals surface area contributed by atoms with Crippen LogP contribution in [-0.4, -0.2) is 17.3 Å². The Kier molecular flexibility index (Phi) is 2.90. The van der Waals surface area contributed by atoms with Gasteiger partial charge < -0.3 is 9.47 Å². The van der Waals surface area contributed by atoms with Crippen molar-refractivity contribution in [3.63, 3.8) is 0 Å². The highest BCUT2D eigenvalue weighted by atomic mass is 16.6. The summed E-state index contributed by atoms with van der Waals surface area (Å²) in [4.78, 5) is 0. The zero-order valence-corrected chi connectivity index (χ0v) is 12.3. The highest BCUT2D eigenvalue weighted by molar-refractivity contribution is 5.24. The van der Waals surface area contributed by atoms with E-state index in [1.807, 2.05) is 30.3 Å². The molecule has 1 unspecified atom stereocenters. The standard InChI is InChI=1S/C17H24O2/c1-12(2)17-11-10-16(4,19-17)15(13(17)3)18-14-8-6-5-7-9-14/h5-9,12-13,15H,10-11H2,1-4H3/t13?,15-,16+,17+/m1/s1. The van der Waals surface area contributed by atoms with Crippen molar-refractivity contribution in [1.82, 2.24) is 0 Å². The normalized spacial score (nSPS) is 40.9. The van der Waals surface area contributed by atoms with E-state index in [9.17, 15) is 0 Å². The fourth-order valence-electron chi connectivity index (χ4n) is 4.09. The second-order valence-corrected chi connectivity index (χ2v) is 6.66. The Morgan fingerprint density at radius 1 is 1.21 bits per heavy atom. The third-order valence-electron chi connectivity index (χ3n) is 5.25. The molecule has 3 rings (SSSR count). The average Bonchev–Trinajstić information content (AvgIpc) is 2.85. The highest BCUT2D eigenvalue weighted by Crippen LogP contribution is 2.57. The lowest BCUT2D eigenvalue weighted by molar-refractivity contribution is -0.0819. The second-order valence-electron chi connectivity index (χ2n) is 6.66. The molecule has 2 saturated heterocycles. The van der Waals surface area contributed by atoms with Crippen LogP contribution in [0.25, 0.3) is 0 Å². The van der Waals surface area contributed by atoms with Crippen LogP contribution in [0.15, 0.2) is 30.3 Å². The maximum absolute atomic E-state index is 6.48. The molecule has 104 valence electrons. The van der Waals surface area contributed by atoms with E-state index in [4.69, 9.17) is 9.47 Å². The molecule has 2 aliphatic rings.